The molecule has 2 fully saturated rings. The monoisotopic (exact) mass is 365 g/mol. The zero-order valence-corrected chi connectivity index (χ0v) is 15.3. The lowest BCUT2D eigenvalue weighted by atomic mass is 9.92. The van der Waals surface area contributed by atoms with Gasteiger partial charge in [0.1, 0.15) is 6.26 Å². The highest BCUT2D eigenvalue weighted by Crippen LogP contribution is 2.36. The summed E-state index contributed by atoms with van der Waals surface area (Å²) < 4.78 is 5.34. The third-order valence-corrected chi connectivity index (χ3v) is 6.10. The average Bonchev–Trinajstić information content (AvgIpc) is 3.40. The fourth-order valence-corrected chi connectivity index (χ4v) is 4.78. The van der Waals surface area contributed by atoms with Crippen LogP contribution in [0.5, 0.6) is 0 Å². The van der Waals surface area contributed by atoms with E-state index in [1.807, 2.05) is 18.2 Å². The summed E-state index contributed by atoms with van der Waals surface area (Å²) in [5, 5.41) is 11.3. The van der Waals surface area contributed by atoms with Gasteiger partial charge in [-0.2, -0.15) is 5.10 Å². The molecule has 1 aliphatic heterocycles. The maximum Gasteiger partial charge on any atom is 0.272 e. The first kappa shape index (κ1) is 16.5. The van der Waals surface area contributed by atoms with Crippen molar-refractivity contribution in [1.29, 1.82) is 0 Å². The first-order chi connectivity index (χ1) is 13.2. The van der Waals surface area contributed by atoms with Gasteiger partial charge >= 0.3 is 0 Å². The summed E-state index contributed by atoms with van der Waals surface area (Å²) in [5.74, 6) is 1.15. The van der Waals surface area contributed by atoms with Gasteiger partial charge < -0.3 is 14.6 Å². The molecule has 3 heterocycles. The molecule has 1 saturated heterocycles. The first-order valence-corrected chi connectivity index (χ1v) is 9.58. The number of H-pyrrole nitrogens is 1. The minimum atomic E-state index is -0.101. The number of piperidine rings is 1. The summed E-state index contributed by atoms with van der Waals surface area (Å²) in [6.45, 7) is 1.17. The minimum absolute atomic E-state index is 0.101. The predicted molar refractivity (Wildman–Crippen MR) is 101 cm³/mol. The molecule has 3 atom stereocenters. The van der Waals surface area contributed by atoms with Gasteiger partial charge in [0.25, 0.3) is 5.91 Å². The fourth-order valence-electron chi connectivity index (χ4n) is 4.78. The van der Waals surface area contributed by atoms with Gasteiger partial charge in [0, 0.05) is 23.0 Å². The van der Waals surface area contributed by atoms with Crippen molar-refractivity contribution in [3.05, 3.63) is 36.4 Å². The van der Waals surface area contributed by atoms with Crippen molar-refractivity contribution in [2.45, 2.75) is 37.8 Å². The Labute approximate surface area is 157 Å². The molecule has 27 heavy (non-hydrogen) atoms. The summed E-state index contributed by atoms with van der Waals surface area (Å²) in [6, 6.07) is 6.54. The van der Waals surface area contributed by atoms with Crippen molar-refractivity contribution in [2.75, 3.05) is 13.6 Å². The van der Waals surface area contributed by atoms with E-state index in [9.17, 15) is 4.79 Å². The summed E-state index contributed by atoms with van der Waals surface area (Å²) in [7, 11) is 2.20. The molecule has 5 rings (SSSR count). The van der Waals surface area contributed by atoms with Crippen LogP contribution in [0.2, 0.25) is 0 Å². The molecule has 2 unspecified atom stereocenters. The molecule has 0 radical (unpaired) electrons. The van der Waals surface area contributed by atoms with Crippen molar-refractivity contribution in [3.63, 3.8) is 0 Å². The Balaban J connectivity index is 1.34. The second-order valence-corrected chi connectivity index (χ2v) is 7.76. The van der Waals surface area contributed by atoms with Crippen LogP contribution < -0.4 is 5.32 Å². The van der Waals surface area contributed by atoms with Crippen LogP contribution in [0.15, 0.2) is 35.1 Å². The molecule has 140 valence electrons. The third kappa shape index (κ3) is 2.92. The number of nitrogens with zero attached hydrogens (tertiary/aromatic N) is 3. The Kier molecular flexibility index (Phi) is 3.97. The molecule has 7 heteroatoms. The molecule has 3 aromatic rings. The van der Waals surface area contributed by atoms with Crippen LogP contribution in [0.25, 0.3) is 22.4 Å². The maximum absolute atomic E-state index is 12.8. The molecule has 1 saturated carbocycles. The number of oxazole rings is 1. The van der Waals surface area contributed by atoms with Gasteiger partial charge in [-0.15, -0.1) is 0 Å². The molecule has 1 amide bonds. The van der Waals surface area contributed by atoms with Crippen LogP contribution in [-0.4, -0.2) is 51.7 Å². The molecular formula is C20H23N5O2. The number of carbonyl (C=O) groups excluding carboxylic acids is 1. The number of likely N-dealkylation sites (tertiary alicyclic amines) is 1. The molecular weight excluding hydrogens is 342 g/mol. The molecule has 0 spiro atoms. The average molecular weight is 365 g/mol. The largest absolute Gasteiger partial charge is 0.445 e. The van der Waals surface area contributed by atoms with E-state index in [1.54, 1.807) is 12.5 Å². The second-order valence-electron chi connectivity index (χ2n) is 7.76. The molecule has 2 N–H and O–H groups in total. The van der Waals surface area contributed by atoms with Gasteiger partial charge in [-0.25, -0.2) is 4.98 Å². The first-order valence-electron chi connectivity index (χ1n) is 9.58. The minimum Gasteiger partial charge on any atom is -0.445 e. The Bertz CT molecular complexity index is 964. The summed E-state index contributed by atoms with van der Waals surface area (Å²) >= 11 is 0. The van der Waals surface area contributed by atoms with Crippen LogP contribution in [0.3, 0.4) is 0 Å². The number of amides is 1. The van der Waals surface area contributed by atoms with Crippen LogP contribution in [0, 0.1) is 5.92 Å². The van der Waals surface area contributed by atoms with Crippen molar-refractivity contribution in [2.24, 2.45) is 5.92 Å². The van der Waals surface area contributed by atoms with Crippen LogP contribution in [-0.2, 0) is 0 Å². The number of nitrogens with one attached hydrogen (secondary N) is 2. The Morgan fingerprint density at radius 3 is 3.11 bits per heavy atom. The van der Waals surface area contributed by atoms with E-state index in [4.69, 9.17) is 4.42 Å². The number of aromatic amines is 1. The lowest BCUT2D eigenvalue weighted by Gasteiger charge is -2.34. The number of hydrogen-bond donors (Lipinski definition) is 2. The number of benzene rings is 1. The Morgan fingerprint density at radius 1 is 1.37 bits per heavy atom. The van der Waals surface area contributed by atoms with E-state index < -0.39 is 0 Å². The number of fused-ring (bicyclic) bond motifs is 2. The molecule has 2 aromatic heterocycles. The lowest BCUT2D eigenvalue weighted by molar-refractivity contribution is 0.0932. The van der Waals surface area contributed by atoms with Gasteiger partial charge in [-0.1, -0.05) is 0 Å². The van der Waals surface area contributed by atoms with Crippen molar-refractivity contribution in [1.82, 2.24) is 25.4 Å². The van der Waals surface area contributed by atoms with Gasteiger partial charge in [0.05, 0.1) is 11.7 Å². The number of hydrogen-bond acceptors (Lipinski definition) is 5. The number of rotatable bonds is 3. The highest BCUT2D eigenvalue weighted by Gasteiger charge is 2.39. The van der Waals surface area contributed by atoms with Crippen LogP contribution >= 0.6 is 0 Å². The third-order valence-electron chi connectivity index (χ3n) is 6.10. The van der Waals surface area contributed by atoms with Crippen molar-refractivity contribution in [3.8, 4) is 11.5 Å². The van der Waals surface area contributed by atoms with Crippen molar-refractivity contribution < 1.29 is 9.21 Å². The fraction of sp³-hybridized carbons (Fsp3) is 0.450. The highest BCUT2D eigenvalue weighted by atomic mass is 16.3. The zero-order valence-electron chi connectivity index (χ0n) is 15.3. The topological polar surface area (TPSA) is 87.0 Å². The summed E-state index contributed by atoms with van der Waals surface area (Å²) in [5.41, 5.74) is 2.11. The Morgan fingerprint density at radius 2 is 2.30 bits per heavy atom. The van der Waals surface area contributed by atoms with Gasteiger partial charge in [-0.3, -0.25) is 9.89 Å². The molecule has 7 nitrogen and oxygen atoms in total. The molecule has 2 aliphatic rings. The maximum atomic E-state index is 12.8. The van der Waals surface area contributed by atoms with E-state index in [1.165, 1.54) is 19.4 Å². The summed E-state index contributed by atoms with van der Waals surface area (Å²) in [4.78, 5) is 19.5. The van der Waals surface area contributed by atoms with Crippen molar-refractivity contribution >= 4 is 16.8 Å². The zero-order chi connectivity index (χ0) is 18.4. The standard InChI is InChI=1S/C20H23N5O2/c1-25-7-2-3-12-9-14(11-17(12)25)22-19(26)18-15-5-4-13(10-16(15)23-24-18)20-21-6-8-27-20/h4-6,8,10,12,14,17H,2-3,7,9,11H2,1H3,(H,22,26)(H,23,24)/t12?,14-,17?/m1/s1. The van der Waals surface area contributed by atoms with Gasteiger partial charge in [0.2, 0.25) is 5.89 Å². The molecule has 0 bridgehead atoms. The molecule has 1 aromatic carbocycles. The number of carbonyl (C=O) groups is 1. The normalized spacial score (nSPS) is 25.6. The SMILES string of the molecule is CN1CCCC2C[C@@H](NC(=O)c3n[nH]c4cc(-c5ncco5)ccc34)CC21. The van der Waals surface area contributed by atoms with E-state index in [2.05, 4.69) is 32.4 Å². The second kappa shape index (κ2) is 6.49. The smallest absolute Gasteiger partial charge is 0.272 e. The van der Waals surface area contributed by atoms with E-state index in [0.717, 1.165) is 29.3 Å². The summed E-state index contributed by atoms with van der Waals surface area (Å²) in [6.07, 6.45) is 7.79. The van der Waals surface area contributed by atoms with Gasteiger partial charge in [-0.05, 0) is 63.4 Å². The van der Waals surface area contributed by atoms with Crippen LogP contribution in [0.4, 0.5) is 0 Å². The highest BCUT2D eigenvalue weighted by molar-refractivity contribution is 6.05. The van der Waals surface area contributed by atoms with E-state index in [0.29, 0.717) is 23.5 Å². The van der Waals surface area contributed by atoms with E-state index in [-0.39, 0.29) is 11.9 Å². The quantitative estimate of drug-likeness (QED) is 0.745. The lowest BCUT2D eigenvalue weighted by Crippen LogP contribution is -2.40. The molecule has 1 aliphatic carbocycles. The predicted octanol–water partition coefficient (Wildman–Crippen LogP) is 2.82. The van der Waals surface area contributed by atoms with Crippen LogP contribution in [0.1, 0.15) is 36.2 Å². The number of aromatic nitrogens is 3. The Hall–Kier alpha value is -2.67. The van der Waals surface area contributed by atoms with E-state index >= 15 is 0 Å². The van der Waals surface area contributed by atoms with Gasteiger partial charge in [0.15, 0.2) is 5.69 Å².